The van der Waals surface area contributed by atoms with E-state index in [4.69, 9.17) is 0 Å². The highest BCUT2D eigenvalue weighted by Gasteiger charge is 2.17. The van der Waals surface area contributed by atoms with Gasteiger partial charge in [-0.3, -0.25) is 0 Å². The largest absolute Gasteiger partial charge is 0.321 e. The summed E-state index contributed by atoms with van der Waals surface area (Å²) in [7, 11) is 4.25. The number of nitrogens with one attached hydrogen (secondary N) is 1. The Morgan fingerprint density at radius 1 is 1.33 bits per heavy atom. The summed E-state index contributed by atoms with van der Waals surface area (Å²) in [5.74, 6) is 1.05. The summed E-state index contributed by atoms with van der Waals surface area (Å²) in [4.78, 5) is 2.51. The molecule has 0 saturated carbocycles. The second-order valence-electron chi connectivity index (χ2n) is 5.28. The summed E-state index contributed by atoms with van der Waals surface area (Å²) in [6.45, 7) is 3.36. The fraction of sp³-hybridized carbons (Fsp3) is 0.846. The minimum atomic E-state index is 0.779. The SMILES string of the molecule is CN1CCCCC1CCNCCc1nncn1C. The third-order valence-electron chi connectivity index (χ3n) is 3.91. The lowest BCUT2D eigenvalue weighted by molar-refractivity contribution is 0.175. The molecule has 5 heteroatoms. The van der Waals surface area contributed by atoms with E-state index in [9.17, 15) is 0 Å². The van der Waals surface area contributed by atoms with Crippen molar-refractivity contribution in [3.8, 4) is 0 Å². The molecule has 1 atom stereocenters. The monoisotopic (exact) mass is 251 g/mol. The van der Waals surface area contributed by atoms with Crippen molar-refractivity contribution in [3.05, 3.63) is 12.2 Å². The first kappa shape index (κ1) is 13.5. The van der Waals surface area contributed by atoms with Gasteiger partial charge in [0.2, 0.25) is 0 Å². The Morgan fingerprint density at radius 3 is 2.94 bits per heavy atom. The van der Waals surface area contributed by atoms with Crippen molar-refractivity contribution in [2.45, 2.75) is 38.1 Å². The molecule has 0 aliphatic carbocycles. The Labute approximate surface area is 110 Å². The highest BCUT2D eigenvalue weighted by molar-refractivity contribution is 4.85. The molecule has 2 heterocycles. The summed E-state index contributed by atoms with van der Waals surface area (Å²) < 4.78 is 1.98. The van der Waals surface area contributed by atoms with E-state index < -0.39 is 0 Å². The summed E-state index contributed by atoms with van der Waals surface area (Å²) in [6.07, 6.45) is 8.10. The Morgan fingerprint density at radius 2 is 2.22 bits per heavy atom. The molecule has 1 unspecified atom stereocenters. The number of rotatable bonds is 6. The van der Waals surface area contributed by atoms with Crippen LogP contribution in [0.5, 0.6) is 0 Å². The Hall–Kier alpha value is -0.940. The molecule has 1 aromatic rings. The maximum Gasteiger partial charge on any atom is 0.133 e. The van der Waals surface area contributed by atoms with Crippen molar-refractivity contribution in [2.75, 3.05) is 26.7 Å². The van der Waals surface area contributed by atoms with Gasteiger partial charge in [0.1, 0.15) is 12.2 Å². The van der Waals surface area contributed by atoms with Crippen molar-refractivity contribution in [3.63, 3.8) is 0 Å². The summed E-state index contributed by atoms with van der Waals surface area (Å²) in [5, 5.41) is 11.5. The zero-order chi connectivity index (χ0) is 12.8. The lowest BCUT2D eigenvalue weighted by atomic mass is 10.0. The van der Waals surface area contributed by atoms with Crippen LogP contribution in [-0.2, 0) is 13.5 Å². The molecule has 1 saturated heterocycles. The maximum absolute atomic E-state index is 4.08. The molecule has 102 valence electrons. The summed E-state index contributed by atoms with van der Waals surface area (Å²) in [6, 6.07) is 0.779. The van der Waals surface area contributed by atoms with Crippen molar-refractivity contribution in [1.29, 1.82) is 0 Å². The average Bonchev–Trinajstić information content (AvgIpc) is 2.77. The standard InChI is InChI=1S/C13H25N5/c1-17-10-4-3-5-12(17)6-8-14-9-7-13-16-15-11-18(13)2/h11-12,14H,3-10H2,1-2H3. The van der Waals surface area contributed by atoms with E-state index in [1.54, 1.807) is 6.33 Å². The molecule has 2 rings (SSSR count). The van der Waals surface area contributed by atoms with Crippen molar-refractivity contribution in [1.82, 2.24) is 25.0 Å². The first-order valence-corrected chi connectivity index (χ1v) is 7.01. The number of piperidine rings is 1. The highest BCUT2D eigenvalue weighted by Crippen LogP contribution is 2.16. The molecule has 18 heavy (non-hydrogen) atoms. The molecule has 1 aliphatic heterocycles. The Balaban J connectivity index is 1.57. The van der Waals surface area contributed by atoms with Gasteiger partial charge in [-0.2, -0.15) is 0 Å². The maximum atomic E-state index is 4.08. The van der Waals surface area contributed by atoms with E-state index in [1.807, 2.05) is 11.6 Å². The van der Waals surface area contributed by atoms with Crippen LogP contribution in [0.25, 0.3) is 0 Å². The van der Waals surface area contributed by atoms with Gasteiger partial charge in [0.25, 0.3) is 0 Å². The lowest BCUT2D eigenvalue weighted by Crippen LogP contribution is -2.38. The first-order chi connectivity index (χ1) is 8.77. The number of hydrogen-bond acceptors (Lipinski definition) is 4. The third-order valence-corrected chi connectivity index (χ3v) is 3.91. The minimum absolute atomic E-state index is 0.779. The van der Waals surface area contributed by atoms with Crippen LogP contribution in [0.1, 0.15) is 31.5 Å². The molecule has 0 radical (unpaired) electrons. The number of likely N-dealkylation sites (tertiary alicyclic amines) is 1. The van der Waals surface area contributed by atoms with E-state index in [0.717, 1.165) is 31.4 Å². The zero-order valence-electron chi connectivity index (χ0n) is 11.6. The second-order valence-corrected chi connectivity index (χ2v) is 5.28. The van der Waals surface area contributed by atoms with Crippen LogP contribution in [0.3, 0.4) is 0 Å². The van der Waals surface area contributed by atoms with Gasteiger partial charge in [0.05, 0.1) is 0 Å². The van der Waals surface area contributed by atoms with Crippen molar-refractivity contribution in [2.24, 2.45) is 7.05 Å². The van der Waals surface area contributed by atoms with Gasteiger partial charge < -0.3 is 14.8 Å². The van der Waals surface area contributed by atoms with E-state index >= 15 is 0 Å². The normalized spacial score (nSPS) is 21.3. The van der Waals surface area contributed by atoms with Crippen LogP contribution in [0.2, 0.25) is 0 Å². The van der Waals surface area contributed by atoms with Gasteiger partial charge in [-0.05, 0) is 39.4 Å². The molecule has 0 amide bonds. The fourth-order valence-electron chi connectivity index (χ4n) is 2.64. The van der Waals surface area contributed by atoms with Crippen LogP contribution < -0.4 is 5.32 Å². The number of hydrogen-bond donors (Lipinski definition) is 1. The minimum Gasteiger partial charge on any atom is -0.321 e. The zero-order valence-corrected chi connectivity index (χ0v) is 11.6. The molecule has 0 bridgehead atoms. The van der Waals surface area contributed by atoms with Crippen LogP contribution in [-0.4, -0.2) is 52.4 Å². The van der Waals surface area contributed by atoms with Crippen molar-refractivity contribution >= 4 is 0 Å². The smallest absolute Gasteiger partial charge is 0.133 e. The van der Waals surface area contributed by atoms with Gasteiger partial charge >= 0.3 is 0 Å². The van der Waals surface area contributed by atoms with Gasteiger partial charge in [-0.15, -0.1) is 10.2 Å². The molecular weight excluding hydrogens is 226 g/mol. The number of nitrogens with zero attached hydrogens (tertiary/aromatic N) is 4. The molecule has 5 nitrogen and oxygen atoms in total. The van der Waals surface area contributed by atoms with Crippen LogP contribution in [0.15, 0.2) is 6.33 Å². The van der Waals surface area contributed by atoms with Crippen LogP contribution >= 0.6 is 0 Å². The predicted molar refractivity (Wildman–Crippen MR) is 72.5 cm³/mol. The molecule has 1 fully saturated rings. The van der Waals surface area contributed by atoms with E-state index in [1.165, 1.54) is 32.2 Å². The molecular formula is C13H25N5. The molecule has 1 aliphatic rings. The van der Waals surface area contributed by atoms with Gasteiger partial charge in [-0.25, -0.2) is 0 Å². The van der Waals surface area contributed by atoms with Crippen LogP contribution in [0.4, 0.5) is 0 Å². The third kappa shape index (κ3) is 3.78. The highest BCUT2D eigenvalue weighted by atomic mass is 15.2. The fourth-order valence-corrected chi connectivity index (χ4v) is 2.64. The predicted octanol–water partition coefficient (Wildman–Crippen LogP) is 0.822. The van der Waals surface area contributed by atoms with Crippen molar-refractivity contribution < 1.29 is 0 Å². The summed E-state index contributed by atoms with van der Waals surface area (Å²) in [5.41, 5.74) is 0. The Bertz CT molecular complexity index is 349. The van der Waals surface area contributed by atoms with E-state index in [-0.39, 0.29) is 0 Å². The summed E-state index contributed by atoms with van der Waals surface area (Å²) >= 11 is 0. The topological polar surface area (TPSA) is 46.0 Å². The number of aryl methyl sites for hydroxylation is 1. The second kappa shape index (κ2) is 6.85. The Kier molecular flexibility index (Phi) is 5.13. The van der Waals surface area contributed by atoms with Gasteiger partial charge in [0, 0.05) is 26.1 Å². The van der Waals surface area contributed by atoms with E-state index in [2.05, 4.69) is 27.5 Å². The lowest BCUT2D eigenvalue weighted by Gasteiger charge is -2.32. The molecule has 0 aromatic carbocycles. The van der Waals surface area contributed by atoms with Gasteiger partial charge in [0.15, 0.2) is 0 Å². The van der Waals surface area contributed by atoms with Gasteiger partial charge in [-0.1, -0.05) is 6.42 Å². The first-order valence-electron chi connectivity index (χ1n) is 7.01. The average molecular weight is 251 g/mol. The molecule has 1 N–H and O–H groups in total. The van der Waals surface area contributed by atoms with Crippen LogP contribution in [0, 0.1) is 0 Å². The van der Waals surface area contributed by atoms with E-state index in [0.29, 0.717) is 0 Å². The molecule has 0 spiro atoms. The number of aromatic nitrogens is 3. The quantitative estimate of drug-likeness (QED) is 0.761. The molecule has 1 aromatic heterocycles.